The number of carbonyl (C=O) groups excluding carboxylic acids is 1. The zero-order valence-corrected chi connectivity index (χ0v) is 19.9. The zero-order chi connectivity index (χ0) is 23.5. The average molecular weight is 465 g/mol. The van der Waals surface area contributed by atoms with Gasteiger partial charge in [0.1, 0.15) is 0 Å². The van der Waals surface area contributed by atoms with Crippen LogP contribution in [0.15, 0.2) is 42.7 Å². The van der Waals surface area contributed by atoms with Gasteiger partial charge in [-0.3, -0.25) is 9.69 Å². The summed E-state index contributed by atoms with van der Waals surface area (Å²) in [5.74, 6) is 0.482. The van der Waals surface area contributed by atoms with E-state index in [1.165, 1.54) is 22.0 Å². The molecule has 4 heterocycles. The minimum atomic E-state index is -0.0307. The average Bonchev–Trinajstić information content (AvgIpc) is 3.19. The minimum Gasteiger partial charge on any atom is -0.481 e. The molecule has 2 saturated heterocycles. The molecule has 34 heavy (non-hydrogen) atoms. The predicted molar refractivity (Wildman–Crippen MR) is 129 cm³/mol. The van der Waals surface area contributed by atoms with E-state index < -0.39 is 0 Å². The van der Waals surface area contributed by atoms with Gasteiger partial charge < -0.3 is 23.7 Å². The monoisotopic (exact) mass is 464 g/mol. The Hall–Kier alpha value is -2.94. The molecule has 2 aromatic heterocycles. The topological polar surface area (TPSA) is 69.1 Å². The van der Waals surface area contributed by atoms with E-state index in [0.717, 1.165) is 39.3 Å². The van der Waals surface area contributed by atoms with Crippen LogP contribution < -0.4 is 4.74 Å². The molecule has 1 aromatic carbocycles. The van der Waals surface area contributed by atoms with Gasteiger partial charge in [0, 0.05) is 62.6 Å². The van der Waals surface area contributed by atoms with Gasteiger partial charge in [-0.1, -0.05) is 6.07 Å². The number of rotatable bonds is 6. The first-order valence-corrected chi connectivity index (χ1v) is 11.9. The number of amides is 1. The standard InChI is InChI=1S/C26H32N4O4/c1-28-17-21(23-13-19(3-5-24(23)28)16-29-7-10-33-11-8-29)14-22-18-34-12-9-30(22)26(31)20-4-6-25(32-2)27-15-20/h3-6,13,15,17,22H,7-12,14,16,18H2,1-2H3/t22-/m0/s1. The molecule has 0 radical (unpaired) electrons. The number of pyridine rings is 1. The molecule has 1 atom stereocenters. The van der Waals surface area contributed by atoms with Crippen molar-refractivity contribution >= 4 is 16.8 Å². The van der Waals surface area contributed by atoms with Crippen LogP contribution >= 0.6 is 0 Å². The van der Waals surface area contributed by atoms with Crippen LogP contribution in [0.1, 0.15) is 21.5 Å². The molecule has 0 unspecified atom stereocenters. The van der Waals surface area contributed by atoms with E-state index in [9.17, 15) is 4.79 Å². The summed E-state index contributed by atoms with van der Waals surface area (Å²) in [6.07, 6.45) is 4.52. The fraction of sp³-hybridized carbons (Fsp3) is 0.462. The van der Waals surface area contributed by atoms with E-state index in [-0.39, 0.29) is 11.9 Å². The van der Waals surface area contributed by atoms with Crippen LogP contribution in [0, 0.1) is 0 Å². The van der Waals surface area contributed by atoms with Gasteiger partial charge >= 0.3 is 0 Å². The third-order valence-electron chi connectivity index (χ3n) is 6.78. The van der Waals surface area contributed by atoms with Crippen molar-refractivity contribution in [2.75, 3.05) is 53.2 Å². The number of nitrogens with zero attached hydrogens (tertiary/aromatic N) is 4. The highest BCUT2D eigenvalue weighted by molar-refractivity contribution is 5.94. The van der Waals surface area contributed by atoms with Crippen LogP contribution in [0.4, 0.5) is 0 Å². The Labute approximate surface area is 200 Å². The number of benzene rings is 1. The summed E-state index contributed by atoms with van der Waals surface area (Å²) in [6.45, 7) is 6.11. The van der Waals surface area contributed by atoms with Crippen molar-refractivity contribution in [2.45, 2.75) is 19.0 Å². The predicted octanol–water partition coefficient (Wildman–Crippen LogP) is 2.50. The number of hydrogen-bond acceptors (Lipinski definition) is 6. The van der Waals surface area contributed by atoms with Crippen molar-refractivity contribution in [1.29, 1.82) is 0 Å². The Balaban J connectivity index is 1.37. The Morgan fingerprint density at radius 2 is 1.94 bits per heavy atom. The number of fused-ring (bicyclic) bond motifs is 1. The Morgan fingerprint density at radius 3 is 2.71 bits per heavy atom. The first kappa shape index (κ1) is 22.8. The van der Waals surface area contributed by atoms with Crippen molar-refractivity contribution in [3.05, 3.63) is 59.4 Å². The lowest BCUT2D eigenvalue weighted by atomic mass is 10.0. The normalized spacial score (nSPS) is 19.5. The second-order valence-corrected chi connectivity index (χ2v) is 9.03. The molecular formula is C26H32N4O4. The lowest BCUT2D eigenvalue weighted by Crippen LogP contribution is -2.49. The summed E-state index contributed by atoms with van der Waals surface area (Å²) in [7, 11) is 3.65. The molecule has 0 bridgehead atoms. The lowest BCUT2D eigenvalue weighted by Gasteiger charge is -2.35. The highest BCUT2D eigenvalue weighted by Crippen LogP contribution is 2.26. The molecule has 2 aliphatic heterocycles. The van der Waals surface area contributed by atoms with Gasteiger partial charge in [-0.2, -0.15) is 0 Å². The van der Waals surface area contributed by atoms with Gasteiger partial charge in [0.15, 0.2) is 0 Å². The fourth-order valence-electron chi connectivity index (χ4n) is 4.94. The summed E-state index contributed by atoms with van der Waals surface area (Å²) in [5, 5.41) is 1.25. The minimum absolute atomic E-state index is 0.0169. The van der Waals surface area contributed by atoms with E-state index in [0.29, 0.717) is 31.2 Å². The quantitative estimate of drug-likeness (QED) is 0.558. The number of aryl methyl sites for hydroxylation is 1. The van der Waals surface area contributed by atoms with Crippen LogP contribution in [0.2, 0.25) is 0 Å². The van der Waals surface area contributed by atoms with E-state index in [4.69, 9.17) is 14.2 Å². The van der Waals surface area contributed by atoms with Crippen LogP contribution in [0.5, 0.6) is 5.88 Å². The highest BCUT2D eigenvalue weighted by Gasteiger charge is 2.29. The lowest BCUT2D eigenvalue weighted by molar-refractivity contribution is -0.00159. The van der Waals surface area contributed by atoms with Gasteiger partial charge in [-0.05, 0) is 35.7 Å². The van der Waals surface area contributed by atoms with Crippen LogP contribution in [-0.2, 0) is 29.5 Å². The third-order valence-corrected chi connectivity index (χ3v) is 6.78. The molecule has 0 spiro atoms. The van der Waals surface area contributed by atoms with Crippen LogP contribution in [-0.4, -0.2) is 84.5 Å². The van der Waals surface area contributed by atoms with E-state index in [1.807, 2.05) is 4.90 Å². The number of carbonyl (C=O) groups is 1. The summed E-state index contributed by atoms with van der Waals surface area (Å²) in [4.78, 5) is 21.9. The maximum atomic E-state index is 13.3. The van der Waals surface area contributed by atoms with Crippen LogP contribution in [0.25, 0.3) is 10.9 Å². The summed E-state index contributed by atoms with van der Waals surface area (Å²) < 4.78 is 18.6. The summed E-state index contributed by atoms with van der Waals surface area (Å²) in [6, 6.07) is 10.2. The van der Waals surface area contributed by atoms with Gasteiger partial charge in [-0.15, -0.1) is 0 Å². The van der Waals surface area contributed by atoms with Crippen molar-refractivity contribution in [3.63, 3.8) is 0 Å². The third kappa shape index (κ3) is 4.80. The molecule has 3 aromatic rings. The second-order valence-electron chi connectivity index (χ2n) is 9.03. The van der Waals surface area contributed by atoms with Gasteiger partial charge in [0.25, 0.3) is 5.91 Å². The molecule has 180 valence electrons. The van der Waals surface area contributed by atoms with Crippen molar-refractivity contribution < 1.29 is 19.0 Å². The van der Waals surface area contributed by atoms with E-state index >= 15 is 0 Å². The molecule has 0 aliphatic carbocycles. The zero-order valence-electron chi connectivity index (χ0n) is 19.9. The summed E-state index contributed by atoms with van der Waals surface area (Å²) >= 11 is 0. The second kappa shape index (κ2) is 10.1. The smallest absolute Gasteiger partial charge is 0.255 e. The highest BCUT2D eigenvalue weighted by atomic mass is 16.5. The molecule has 8 heteroatoms. The van der Waals surface area contributed by atoms with E-state index in [2.05, 4.69) is 45.9 Å². The summed E-state index contributed by atoms with van der Waals surface area (Å²) in [5.41, 5.74) is 4.31. The van der Waals surface area contributed by atoms with E-state index in [1.54, 1.807) is 25.4 Å². The molecule has 2 aliphatic rings. The molecule has 0 saturated carbocycles. The number of hydrogen-bond donors (Lipinski definition) is 0. The van der Waals surface area contributed by atoms with Crippen molar-refractivity contribution in [1.82, 2.24) is 19.4 Å². The van der Waals surface area contributed by atoms with Gasteiger partial charge in [0.05, 0.1) is 45.1 Å². The molecule has 0 N–H and O–H groups in total. The SMILES string of the molecule is COc1ccc(C(=O)N2CCOC[C@@H]2Cc2cn(C)c3ccc(CN4CCOCC4)cc23)cn1. The molecular weight excluding hydrogens is 432 g/mol. The fourth-order valence-corrected chi connectivity index (χ4v) is 4.94. The number of methoxy groups -OCH3 is 1. The largest absolute Gasteiger partial charge is 0.481 e. The maximum absolute atomic E-state index is 13.3. The molecule has 5 rings (SSSR count). The van der Waals surface area contributed by atoms with Gasteiger partial charge in [0.2, 0.25) is 5.88 Å². The van der Waals surface area contributed by atoms with Crippen molar-refractivity contribution in [3.8, 4) is 5.88 Å². The first-order valence-electron chi connectivity index (χ1n) is 11.9. The van der Waals surface area contributed by atoms with Crippen LogP contribution in [0.3, 0.4) is 0 Å². The number of ether oxygens (including phenoxy) is 3. The molecule has 1 amide bonds. The Kier molecular flexibility index (Phi) is 6.80. The number of morpholine rings is 2. The molecule has 8 nitrogen and oxygen atoms in total. The van der Waals surface area contributed by atoms with Crippen molar-refractivity contribution in [2.24, 2.45) is 7.05 Å². The maximum Gasteiger partial charge on any atom is 0.255 e. The first-order chi connectivity index (χ1) is 16.6. The Morgan fingerprint density at radius 1 is 1.12 bits per heavy atom. The molecule has 2 fully saturated rings. The Bertz CT molecular complexity index is 1140. The number of aromatic nitrogens is 2. The van der Waals surface area contributed by atoms with Gasteiger partial charge in [-0.25, -0.2) is 4.98 Å².